The molecule has 0 N–H and O–H groups in total. The van der Waals surface area contributed by atoms with Crippen LogP contribution in [0.25, 0.3) is 0 Å². The Hall–Kier alpha value is -2.92. The summed E-state index contributed by atoms with van der Waals surface area (Å²) in [6.45, 7) is 7.64. The quantitative estimate of drug-likeness (QED) is 0.0346. The number of carbonyl (C=O) groups is 2. The van der Waals surface area contributed by atoms with Gasteiger partial charge in [-0.05, 0) is 96.3 Å². The van der Waals surface area contributed by atoms with Crippen LogP contribution in [0, 0.1) is 0 Å². The summed E-state index contributed by atoms with van der Waals surface area (Å²) >= 11 is 0. The number of hydrogen-bond donors (Lipinski definition) is 0. The molecule has 5 heteroatoms. The molecule has 0 unspecified atom stereocenters. The molecule has 0 radical (unpaired) electrons. The lowest BCUT2D eigenvalue weighted by Gasteiger charge is -2.18. The van der Waals surface area contributed by atoms with Crippen LogP contribution in [-0.2, 0) is 23.8 Å². The molecular formula is C59H102O5. The van der Waals surface area contributed by atoms with Crippen LogP contribution in [0.3, 0.4) is 0 Å². The molecule has 5 nitrogen and oxygen atoms in total. The lowest BCUT2D eigenvalue weighted by molar-refractivity contribution is -0.163. The Morgan fingerprint density at radius 2 is 0.703 bits per heavy atom. The van der Waals surface area contributed by atoms with Crippen molar-refractivity contribution in [3.8, 4) is 0 Å². The molecule has 0 aromatic rings. The fourth-order valence-corrected chi connectivity index (χ4v) is 7.39. The summed E-state index contributed by atoms with van der Waals surface area (Å²) in [5, 5.41) is 0. The molecule has 0 saturated heterocycles. The lowest BCUT2D eigenvalue weighted by atomic mass is 10.0. The van der Waals surface area contributed by atoms with Gasteiger partial charge in [-0.3, -0.25) is 9.59 Å². The minimum Gasteiger partial charge on any atom is -0.462 e. The van der Waals surface area contributed by atoms with E-state index in [2.05, 4.69) is 106 Å². The zero-order chi connectivity index (χ0) is 46.3. The van der Waals surface area contributed by atoms with Crippen LogP contribution in [0.5, 0.6) is 0 Å². The molecule has 0 bridgehead atoms. The summed E-state index contributed by atoms with van der Waals surface area (Å²) < 4.78 is 17.4. The third-order valence-corrected chi connectivity index (χ3v) is 11.4. The summed E-state index contributed by atoms with van der Waals surface area (Å²) in [7, 11) is 0. The van der Waals surface area contributed by atoms with Gasteiger partial charge in [0.2, 0.25) is 0 Å². The van der Waals surface area contributed by atoms with E-state index < -0.39 is 6.10 Å². The molecule has 0 amide bonds. The fourth-order valence-electron chi connectivity index (χ4n) is 7.39. The Labute approximate surface area is 397 Å². The molecule has 64 heavy (non-hydrogen) atoms. The van der Waals surface area contributed by atoms with Gasteiger partial charge in [0.05, 0.1) is 6.61 Å². The second kappa shape index (κ2) is 54.4. The summed E-state index contributed by atoms with van der Waals surface area (Å²) in [5.41, 5.74) is 0. The summed E-state index contributed by atoms with van der Waals surface area (Å²) in [6, 6.07) is 0. The molecule has 0 aliphatic heterocycles. The molecule has 0 rings (SSSR count). The van der Waals surface area contributed by atoms with Gasteiger partial charge < -0.3 is 14.2 Å². The van der Waals surface area contributed by atoms with Gasteiger partial charge in [0.1, 0.15) is 6.61 Å². The SMILES string of the molecule is CC/C=C\C/C=C\C/C=C\C/C=C\CCCCCCC(=O)O[C@H](COCCCCCCCCCCCCCCCCCC)COC(=O)CCCC/C=C\C/C=C\C/C=C\CCCCC. The van der Waals surface area contributed by atoms with Crippen molar-refractivity contribution in [1.82, 2.24) is 0 Å². The maximum absolute atomic E-state index is 12.8. The Bertz CT molecular complexity index is 1190. The van der Waals surface area contributed by atoms with Gasteiger partial charge in [0, 0.05) is 19.4 Å². The molecule has 1 atom stereocenters. The standard InChI is InChI=1S/C59H102O5/c1-4-7-10-13-16-19-22-25-28-30-32-35-38-41-44-47-50-53-59(61)64-57(55-62-54-51-48-45-42-39-36-33-29-26-23-20-17-14-11-8-5-2)56-63-58(60)52-49-46-43-40-37-34-31-27-24-21-18-15-12-9-6-3/h7,10,16,18-19,21,25,27-28,31-32,35,37,40,57H,4-6,8-9,11-15,17,20,22-24,26,29-30,33-34,36,38-39,41-56H2,1-3H3/b10-7-,19-16-,21-18-,28-25-,31-27-,35-32-,40-37-/t57-/m1/s1. The Kier molecular flexibility index (Phi) is 51.9. The smallest absolute Gasteiger partial charge is 0.306 e. The first-order chi connectivity index (χ1) is 31.6. The molecule has 0 heterocycles. The number of esters is 2. The van der Waals surface area contributed by atoms with Gasteiger partial charge in [0.15, 0.2) is 6.10 Å². The maximum atomic E-state index is 12.8. The first kappa shape index (κ1) is 61.1. The number of ether oxygens (including phenoxy) is 3. The molecule has 368 valence electrons. The van der Waals surface area contributed by atoms with Crippen molar-refractivity contribution in [2.24, 2.45) is 0 Å². The fraction of sp³-hybridized carbons (Fsp3) is 0.729. The topological polar surface area (TPSA) is 61.8 Å². The van der Waals surface area contributed by atoms with Crippen molar-refractivity contribution in [3.05, 3.63) is 85.1 Å². The van der Waals surface area contributed by atoms with E-state index in [0.29, 0.717) is 19.4 Å². The molecule has 0 aliphatic carbocycles. The Balaban J connectivity index is 4.37. The highest BCUT2D eigenvalue weighted by atomic mass is 16.6. The van der Waals surface area contributed by atoms with Crippen LogP contribution in [0.15, 0.2) is 85.1 Å². The van der Waals surface area contributed by atoms with Crippen molar-refractivity contribution in [1.29, 1.82) is 0 Å². The zero-order valence-electron chi connectivity index (χ0n) is 42.3. The molecule has 0 fully saturated rings. The van der Waals surface area contributed by atoms with Crippen LogP contribution in [0.2, 0.25) is 0 Å². The van der Waals surface area contributed by atoms with Crippen LogP contribution in [-0.4, -0.2) is 37.9 Å². The number of allylic oxidation sites excluding steroid dienone is 14. The highest BCUT2D eigenvalue weighted by molar-refractivity contribution is 5.70. The van der Waals surface area contributed by atoms with Crippen LogP contribution >= 0.6 is 0 Å². The zero-order valence-corrected chi connectivity index (χ0v) is 42.3. The van der Waals surface area contributed by atoms with Crippen LogP contribution in [0.1, 0.15) is 252 Å². The predicted molar refractivity (Wildman–Crippen MR) is 279 cm³/mol. The molecular weight excluding hydrogens is 789 g/mol. The van der Waals surface area contributed by atoms with E-state index >= 15 is 0 Å². The van der Waals surface area contributed by atoms with Gasteiger partial charge in [-0.15, -0.1) is 0 Å². The van der Waals surface area contributed by atoms with Gasteiger partial charge in [-0.25, -0.2) is 0 Å². The van der Waals surface area contributed by atoms with E-state index in [1.54, 1.807) is 0 Å². The molecule has 0 aromatic carbocycles. The number of carbonyl (C=O) groups excluding carboxylic acids is 2. The average Bonchev–Trinajstić information content (AvgIpc) is 3.30. The monoisotopic (exact) mass is 891 g/mol. The van der Waals surface area contributed by atoms with E-state index in [1.165, 1.54) is 116 Å². The molecule has 0 saturated carbocycles. The third kappa shape index (κ3) is 51.7. The molecule has 0 aromatic heterocycles. The van der Waals surface area contributed by atoms with E-state index in [-0.39, 0.29) is 25.2 Å². The van der Waals surface area contributed by atoms with Gasteiger partial charge in [0.25, 0.3) is 0 Å². The second-order valence-electron chi connectivity index (χ2n) is 17.8. The highest BCUT2D eigenvalue weighted by Crippen LogP contribution is 2.15. The maximum Gasteiger partial charge on any atom is 0.306 e. The predicted octanol–water partition coefficient (Wildman–Crippen LogP) is 18.5. The lowest BCUT2D eigenvalue weighted by Crippen LogP contribution is -2.30. The number of unbranched alkanes of at least 4 members (excludes halogenated alkanes) is 24. The van der Waals surface area contributed by atoms with E-state index in [9.17, 15) is 9.59 Å². The van der Waals surface area contributed by atoms with Crippen molar-refractivity contribution in [2.45, 2.75) is 258 Å². The second-order valence-corrected chi connectivity index (χ2v) is 17.8. The molecule has 0 spiro atoms. The van der Waals surface area contributed by atoms with Crippen molar-refractivity contribution >= 4 is 11.9 Å². The van der Waals surface area contributed by atoms with Gasteiger partial charge in [-0.2, -0.15) is 0 Å². The average molecular weight is 891 g/mol. The Morgan fingerprint density at radius 3 is 1.19 bits per heavy atom. The first-order valence-electron chi connectivity index (χ1n) is 27.1. The van der Waals surface area contributed by atoms with Gasteiger partial charge >= 0.3 is 11.9 Å². The normalized spacial score (nSPS) is 12.9. The third-order valence-electron chi connectivity index (χ3n) is 11.4. The molecule has 0 aliphatic rings. The van der Waals surface area contributed by atoms with Crippen LogP contribution < -0.4 is 0 Å². The van der Waals surface area contributed by atoms with Crippen molar-refractivity contribution in [2.75, 3.05) is 19.8 Å². The van der Waals surface area contributed by atoms with Gasteiger partial charge in [-0.1, -0.05) is 228 Å². The summed E-state index contributed by atoms with van der Waals surface area (Å²) in [6.07, 6.45) is 71.7. The highest BCUT2D eigenvalue weighted by Gasteiger charge is 2.17. The minimum absolute atomic E-state index is 0.0541. The first-order valence-corrected chi connectivity index (χ1v) is 27.1. The number of rotatable bonds is 49. The summed E-state index contributed by atoms with van der Waals surface area (Å²) in [5.74, 6) is -0.465. The van der Waals surface area contributed by atoms with E-state index in [0.717, 1.165) is 103 Å². The van der Waals surface area contributed by atoms with Crippen LogP contribution in [0.4, 0.5) is 0 Å². The van der Waals surface area contributed by atoms with Crippen molar-refractivity contribution in [3.63, 3.8) is 0 Å². The summed E-state index contributed by atoms with van der Waals surface area (Å²) in [4.78, 5) is 25.4. The number of hydrogen-bond acceptors (Lipinski definition) is 5. The minimum atomic E-state index is -0.566. The Morgan fingerprint density at radius 1 is 0.359 bits per heavy atom. The van der Waals surface area contributed by atoms with Crippen molar-refractivity contribution < 1.29 is 23.8 Å². The van der Waals surface area contributed by atoms with E-state index in [1.807, 2.05) is 0 Å². The van der Waals surface area contributed by atoms with E-state index in [4.69, 9.17) is 14.2 Å². The largest absolute Gasteiger partial charge is 0.462 e.